The third kappa shape index (κ3) is 4.23. The van der Waals surface area contributed by atoms with Crippen LogP contribution in [0.15, 0.2) is 21.1 Å². The van der Waals surface area contributed by atoms with Crippen molar-refractivity contribution in [1.82, 2.24) is 0 Å². The van der Waals surface area contributed by atoms with Crippen LogP contribution in [0.2, 0.25) is 0 Å². The highest BCUT2D eigenvalue weighted by molar-refractivity contribution is 9.11. The fourth-order valence-corrected chi connectivity index (χ4v) is 2.99. The molecule has 4 N–H and O–H groups in total. The standard InChI is InChI=1S/C13H19Br2NO2/c1-7(2)3-4-11(17)12(16)9-5-8(14)6-10(15)13(9)18/h5-7,11-12,17-18H,3-4,16H2,1-2H3/t11-,12+/m1/s1. The van der Waals surface area contributed by atoms with E-state index in [1.54, 1.807) is 12.1 Å². The molecule has 0 saturated carbocycles. The van der Waals surface area contributed by atoms with E-state index in [1.165, 1.54) is 0 Å². The van der Waals surface area contributed by atoms with Gasteiger partial charge in [-0.3, -0.25) is 0 Å². The summed E-state index contributed by atoms with van der Waals surface area (Å²) in [7, 11) is 0. The molecule has 0 aromatic heterocycles. The van der Waals surface area contributed by atoms with Gasteiger partial charge in [-0.25, -0.2) is 0 Å². The third-order valence-corrected chi connectivity index (χ3v) is 3.93. The number of halogens is 2. The Morgan fingerprint density at radius 1 is 1.22 bits per heavy atom. The van der Waals surface area contributed by atoms with Gasteiger partial charge in [0, 0.05) is 10.0 Å². The summed E-state index contributed by atoms with van der Waals surface area (Å²) in [6.45, 7) is 4.21. The van der Waals surface area contributed by atoms with Gasteiger partial charge in [0.15, 0.2) is 0 Å². The van der Waals surface area contributed by atoms with Crippen LogP contribution < -0.4 is 5.73 Å². The first-order chi connectivity index (χ1) is 8.32. The van der Waals surface area contributed by atoms with Crippen LogP contribution in [-0.2, 0) is 0 Å². The van der Waals surface area contributed by atoms with Gasteiger partial charge < -0.3 is 15.9 Å². The zero-order valence-corrected chi connectivity index (χ0v) is 13.7. The maximum Gasteiger partial charge on any atom is 0.134 e. The molecule has 0 aliphatic rings. The minimum Gasteiger partial charge on any atom is -0.506 e. The Hall–Kier alpha value is -0.100. The van der Waals surface area contributed by atoms with Crippen molar-refractivity contribution in [2.75, 3.05) is 0 Å². The Labute approximate surface area is 125 Å². The number of rotatable bonds is 5. The lowest BCUT2D eigenvalue weighted by Gasteiger charge is -2.21. The number of aliphatic hydroxyl groups excluding tert-OH is 1. The normalized spacial score (nSPS) is 14.8. The van der Waals surface area contributed by atoms with E-state index < -0.39 is 12.1 Å². The van der Waals surface area contributed by atoms with Gasteiger partial charge in [0.2, 0.25) is 0 Å². The van der Waals surface area contributed by atoms with Gasteiger partial charge in [0.05, 0.1) is 16.6 Å². The number of phenols is 1. The van der Waals surface area contributed by atoms with E-state index in [-0.39, 0.29) is 5.75 Å². The van der Waals surface area contributed by atoms with Crippen molar-refractivity contribution < 1.29 is 10.2 Å². The smallest absolute Gasteiger partial charge is 0.134 e. The molecule has 0 bridgehead atoms. The highest BCUT2D eigenvalue weighted by Gasteiger charge is 2.21. The highest BCUT2D eigenvalue weighted by Crippen LogP contribution is 2.36. The molecule has 1 aromatic rings. The van der Waals surface area contributed by atoms with Gasteiger partial charge >= 0.3 is 0 Å². The topological polar surface area (TPSA) is 66.5 Å². The summed E-state index contributed by atoms with van der Waals surface area (Å²) in [5.41, 5.74) is 6.56. The zero-order valence-electron chi connectivity index (χ0n) is 10.5. The van der Waals surface area contributed by atoms with Gasteiger partial charge in [-0.1, -0.05) is 29.8 Å². The Morgan fingerprint density at radius 2 is 1.83 bits per heavy atom. The van der Waals surface area contributed by atoms with Crippen LogP contribution in [0.1, 0.15) is 38.3 Å². The molecule has 102 valence electrons. The van der Waals surface area contributed by atoms with E-state index in [4.69, 9.17) is 5.73 Å². The molecule has 0 saturated heterocycles. The van der Waals surface area contributed by atoms with Crippen molar-refractivity contribution in [3.8, 4) is 5.75 Å². The number of benzene rings is 1. The molecule has 2 atom stereocenters. The number of hydrogen-bond acceptors (Lipinski definition) is 3. The SMILES string of the molecule is CC(C)CC[C@@H](O)[C@@H](N)c1cc(Br)cc(Br)c1O. The summed E-state index contributed by atoms with van der Waals surface area (Å²) in [6, 6.07) is 2.90. The minimum absolute atomic E-state index is 0.0919. The number of aliphatic hydroxyl groups is 1. The molecule has 5 heteroatoms. The van der Waals surface area contributed by atoms with Crippen LogP contribution in [0.5, 0.6) is 5.75 Å². The first kappa shape index (κ1) is 16.0. The number of hydrogen-bond donors (Lipinski definition) is 3. The molecule has 0 aliphatic carbocycles. The van der Waals surface area contributed by atoms with Crippen molar-refractivity contribution >= 4 is 31.9 Å². The number of aromatic hydroxyl groups is 1. The molecule has 18 heavy (non-hydrogen) atoms. The molecule has 0 radical (unpaired) electrons. The van der Waals surface area contributed by atoms with E-state index in [0.29, 0.717) is 22.4 Å². The van der Waals surface area contributed by atoms with Gasteiger partial charge in [0.25, 0.3) is 0 Å². The fourth-order valence-electron chi connectivity index (χ4n) is 1.73. The Balaban J connectivity index is 2.86. The first-order valence-electron chi connectivity index (χ1n) is 5.94. The van der Waals surface area contributed by atoms with E-state index in [9.17, 15) is 10.2 Å². The van der Waals surface area contributed by atoms with E-state index in [2.05, 4.69) is 45.7 Å². The van der Waals surface area contributed by atoms with E-state index >= 15 is 0 Å². The second kappa shape index (κ2) is 6.89. The summed E-state index contributed by atoms with van der Waals surface area (Å²) in [5, 5.41) is 20.0. The highest BCUT2D eigenvalue weighted by atomic mass is 79.9. The van der Waals surface area contributed by atoms with Crippen molar-refractivity contribution in [1.29, 1.82) is 0 Å². The summed E-state index contributed by atoms with van der Waals surface area (Å²) in [4.78, 5) is 0. The zero-order chi connectivity index (χ0) is 13.9. The van der Waals surface area contributed by atoms with Crippen molar-refractivity contribution in [3.05, 3.63) is 26.6 Å². The molecule has 0 spiro atoms. The lowest BCUT2D eigenvalue weighted by atomic mass is 9.95. The van der Waals surface area contributed by atoms with Crippen molar-refractivity contribution in [2.45, 2.75) is 38.8 Å². The van der Waals surface area contributed by atoms with E-state index in [0.717, 1.165) is 10.9 Å². The van der Waals surface area contributed by atoms with Gasteiger partial charge in [-0.2, -0.15) is 0 Å². The number of phenolic OH excluding ortho intramolecular Hbond substituents is 1. The van der Waals surface area contributed by atoms with Crippen molar-refractivity contribution in [3.63, 3.8) is 0 Å². The van der Waals surface area contributed by atoms with Gasteiger partial charge in [-0.05, 0) is 46.8 Å². The largest absolute Gasteiger partial charge is 0.506 e. The lowest BCUT2D eigenvalue weighted by Crippen LogP contribution is -2.26. The second-order valence-electron chi connectivity index (χ2n) is 4.89. The molecule has 1 rings (SSSR count). The molecule has 0 aliphatic heterocycles. The predicted molar refractivity (Wildman–Crippen MR) is 80.5 cm³/mol. The summed E-state index contributed by atoms with van der Waals surface area (Å²) < 4.78 is 1.38. The summed E-state index contributed by atoms with van der Waals surface area (Å²) in [6.07, 6.45) is 0.882. The van der Waals surface area contributed by atoms with Crippen molar-refractivity contribution in [2.24, 2.45) is 11.7 Å². The van der Waals surface area contributed by atoms with Gasteiger partial charge in [-0.15, -0.1) is 0 Å². The van der Waals surface area contributed by atoms with Gasteiger partial charge in [0.1, 0.15) is 5.75 Å². The third-order valence-electron chi connectivity index (χ3n) is 2.87. The number of nitrogens with two attached hydrogens (primary N) is 1. The maximum atomic E-state index is 10.1. The first-order valence-corrected chi connectivity index (χ1v) is 7.53. The quantitative estimate of drug-likeness (QED) is 0.729. The van der Waals surface area contributed by atoms with Crippen LogP contribution in [0, 0.1) is 5.92 Å². The maximum absolute atomic E-state index is 10.1. The molecule has 0 unspecified atom stereocenters. The monoisotopic (exact) mass is 379 g/mol. The Bertz CT molecular complexity index is 410. The lowest BCUT2D eigenvalue weighted by molar-refractivity contribution is 0.127. The average molecular weight is 381 g/mol. The molecule has 0 amide bonds. The van der Waals surface area contributed by atoms with Crippen LogP contribution in [0.25, 0.3) is 0 Å². The minimum atomic E-state index is -0.653. The van der Waals surface area contributed by atoms with E-state index in [1.807, 2.05) is 0 Å². The summed E-state index contributed by atoms with van der Waals surface area (Å²) >= 11 is 6.61. The van der Waals surface area contributed by atoms with Crippen LogP contribution in [-0.4, -0.2) is 16.3 Å². The van der Waals surface area contributed by atoms with Crippen LogP contribution in [0.3, 0.4) is 0 Å². The molecule has 0 fully saturated rings. The summed E-state index contributed by atoms with van der Waals surface area (Å²) in [5.74, 6) is 0.615. The molecule has 1 aromatic carbocycles. The fraction of sp³-hybridized carbons (Fsp3) is 0.538. The van der Waals surface area contributed by atoms with Crippen LogP contribution >= 0.6 is 31.9 Å². The molecule has 0 heterocycles. The molecule has 3 nitrogen and oxygen atoms in total. The molecular formula is C13H19Br2NO2. The van der Waals surface area contributed by atoms with Crippen LogP contribution in [0.4, 0.5) is 0 Å². The Morgan fingerprint density at radius 3 is 2.39 bits per heavy atom. The Kier molecular flexibility index (Phi) is 6.11. The second-order valence-corrected chi connectivity index (χ2v) is 6.66. The predicted octanol–water partition coefficient (Wildman–Crippen LogP) is 3.71. The molecular weight excluding hydrogens is 362 g/mol. The average Bonchev–Trinajstić information content (AvgIpc) is 2.29.